The largest absolute Gasteiger partial charge is 0.497 e. The molecule has 7 nitrogen and oxygen atoms in total. The van der Waals surface area contributed by atoms with Crippen molar-refractivity contribution < 1.29 is 19.1 Å². The minimum atomic E-state index is -0.371. The number of hydrogen-bond acceptors (Lipinski definition) is 6. The van der Waals surface area contributed by atoms with E-state index < -0.39 is 0 Å². The minimum absolute atomic E-state index is 0.180. The molecule has 2 aromatic carbocycles. The Bertz CT molecular complexity index is 1240. The summed E-state index contributed by atoms with van der Waals surface area (Å²) in [6.07, 6.45) is 4.20. The first kappa shape index (κ1) is 26.9. The molecule has 37 heavy (non-hydrogen) atoms. The van der Waals surface area contributed by atoms with E-state index >= 15 is 0 Å². The van der Waals surface area contributed by atoms with Crippen LogP contribution in [0.5, 0.6) is 5.75 Å². The summed E-state index contributed by atoms with van der Waals surface area (Å²) >= 11 is 6.75. The van der Waals surface area contributed by atoms with Crippen LogP contribution in [0.1, 0.15) is 45.1 Å². The van der Waals surface area contributed by atoms with Gasteiger partial charge in [0.05, 0.1) is 23.3 Å². The normalized spacial score (nSPS) is 17.9. The first-order valence-corrected chi connectivity index (χ1v) is 13.7. The lowest BCUT2D eigenvalue weighted by Gasteiger charge is -2.21. The van der Waals surface area contributed by atoms with E-state index in [1.54, 1.807) is 42.3 Å². The van der Waals surface area contributed by atoms with Gasteiger partial charge in [0, 0.05) is 17.8 Å². The van der Waals surface area contributed by atoms with E-state index in [1.165, 1.54) is 16.7 Å². The number of anilines is 2. The van der Waals surface area contributed by atoms with Crippen LogP contribution >= 0.6 is 24.0 Å². The van der Waals surface area contributed by atoms with Gasteiger partial charge in [0.15, 0.2) is 0 Å². The van der Waals surface area contributed by atoms with Gasteiger partial charge < -0.3 is 10.1 Å². The summed E-state index contributed by atoms with van der Waals surface area (Å²) in [5.74, 6) is 0.0943. The van der Waals surface area contributed by atoms with Crippen LogP contribution in [0.25, 0.3) is 5.57 Å². The van der Waals surface area contributed by atoms with Gasteiger partial charge in [-0.15, -0.1) is 0 Å². The van der Waals surface area contributed by atoms with E-state index in [-0.39, 0.29) is 24.3 Å². The monoisotopic (exact) mass is 537 g/mol. The maximum absolute atomic E-state index is 13.6. The third-order valence-corrected chi connectivity index (χ3v) is 8.11. The second-order valence-electron chi connectivity index (χ2n) is 9.09. The Balaban J connectivity index is 1.57. The van der Waals surface area contributed by atoms with Crippen molar-refractivity contribution in [2.24, 2.45) is 5.92 Å². The summed E-state index contributed by atoms with van der Waals surface area (Å²) < 4.78 is 5.63. The van der Waals surface area contributed by atoms with Crippen LogP contribution in [-0.2, 0) is 14.4 Å². The van der Waals surface area contributed by atoms with E-state index in [2.05, 4.69) is 19.2 Å². The van der Waals surface area contributed by atoms with Gasteiger partial charge in [-0.2, -0.15) is 0 Å². The number of rotatable bonds is 10. The summed E-state index contributed by atoms with van der Waals surface area (Å²) in [4.78, 5) is 43.4. The van der Waals surface area contributed by atoms with Gasteiger partial charge in [-0.3, -0.25) is 24.2 Å². The van der Waals surface area contributed by atoms with E-state index in [9.17, 15) is 14.4 Å². The molecule has 9 heteroatoms. The number of carbonyl (C=O) groups is 3. The van der Waals surface area contributed by atoms with Crippen molar-refractivity contribution in [2.45, 2.75) is 39.5 Å². The van der Waals surface area contributed by atoms with Crippen LogP contribution in [0.2, 0.25) is 0 Å². The molecular weight excluding hydrogens is 506 g/mol. The number of nitrogens with zero attached hydrogens (tertiary/aromatic N) is 2. The Morgan fingerprint density at radius 2 is 1.78 bits per heavy atom. The van der Waals surface area contributed by atoms with Gasteiger partial charge >= 0.3 is 0 Å². The van der Waals surface area contributed by atoms with Gasteiger partial charge in [-0.05, 0) is 42.7 Å². The van der Waals surface area contributed by atoms with Crippen LogP contribution in [0, 0.1) is 5.92 Å². The molecule has 0 radical (unpaired) electrons. The third kappa shape index (κ3) is 5.72. The number of hydrogen-bond donors (Lipinski definition) is 1. The average Bonchev–Trinajstić information content (AvgIpc) is 3.33. The SMILES string of the molecule is CCCCC(CC)CN1C(=O)C(=C2C(=O)N(CC(=O)Nc3ccc(OC)cc3)c3ccccc32)SC1=S. The van der Waals surface area contributed by atoms with Crippen molar-refractivity contribution in [3.05, 3.63) is 59.0 Å². The van der Waals surface area contributed by atoms with Crippen molar-refractivity contribution in [1.29, 1.82) is 0 Å². The van der Waals surface area contributed by atoms with Gasteiger partial charge in [0.1, 0.15) is 16.6 Å². The number of methoxy groups -OCH3 is 1. The number of carbonyl (C=O) groups excluding carboxylic acids is 3. The van der Waals surface area contributed by atoms with Crippen LogP contribution < -0.4 is 15.0 Å². The highest BCUT2D eigenvalue weighted by atomic mass is 32.2. The van der Waals surface area contributed by atoms with Crippen LogP contribution in [-0.4, -0.2) is 47.1 Å². The number of benzene rings is 2. The molecule has 0 saturated carbocycles. The van der Waals surface area contributed by atoms with Gasteiger partial charge in [-0.25, -0.2) is 0 Å². The first-order valence-electron chi connectivity index (χ1n) is 12.5. The van der Waals surface area contributed by atoms with Crippen LogP contribution in [0.15, 0.2) is 53.4 Å². The summed E-state index contributed by atoms with van der Waals surface area (Å²) in [7, 11) is 1.57. The summed E-state index contributed by atoms with van der Waals surface area (Å²) in [6.45, 7) is 4.66. The highest BCUT2D eigenvalue weighted by Gasteiger charge is 2.42. The van der Waals surface area contributed by atoms with Crippen molar-refractivity contribution >= 4 is 63.0 Å². The fourth-order valence-electron chi connectivity index (χ4n) is 4.56. The smallest absolute Gasteiger partial charge is 0.267 e. The summed E-state index contributed by atoms with van der Waals surface area (Å²) in [5, 5.41) is 2.82. The second-order valence-corrected chi connectivity index (χ2v) is 10.7. The minimum Gasteiger partial charge on any atom is -0.497 e. The second kappa shape index (κ2) is 11.9. The van der Waals surface area contributed by atoms with Gasteiger partial charge in [0.2, 0.25) is 5.91 Å². The summed E-state index contributed by atoms with van der Waals surface area (Å²) in [6, 6.07) is 14.2. The molecule has 1 unspecified atom stereocenters. The Kier molecular flexibility index (Phi) is 8.66. The molecule has 0 aromatic heterocycles. The van der Waals surface area contributed by atoms with E-state index in [1.807, 2.05) is 18.2 Å². The number of amides is 3. The number of thiocarbonyl (C=S) groups is 1. The number of unbranched alkanes of at least 4 members (excludes halogenated alkanes) is 1. The number of ether oxygens (including phenoxy) is 1. The zero-order valence-electron chi connectivity index (χ0n) is 21.3. The van der Waals surface area contributed by atoms with Gasteiger partial charge in [-0.1, -0.05) is 75.3 Å². The van der Waals surface area contributed by atoms with Crippen molar-refractivity contribution in [1.82, 2.24) is 4.90 Å². The molecule has 1 atom stereocenters. The van der Waals surface area contributed by atoms with Crippen molar-refractivity contribution in [3.8, 4) is 5.75 Å². The van der Waals surface area contributed by atoms with Gasteiger partial charge in [0.25, 0.3) is 11.8 Å². The molecule has 1 fully saturated rings. The molecule has 1 N–H and O–H groups in total. The molecule has 2 aliphatic rings. The van der Waals surface area contributed by atoms with E-state index in [0.717, 1.165) is 25.7 Å². The Morgan fingerprint density at radius 1 is 1.05 bits per heavy atom. The average molecular weight is 538 g/mol. The Labute approximate surface area is 227 Å². The molecule has 3 amide bonds. The molecule has 0 aliphatic carbocycles. The molecule has 2 aliphatic heterocycles. The lowest BCUT2D eigenvalue weighted by molar-refractivity contribution is -0.123. The van der Waals surface area contributed by atoms with Crippen molar-refractivity contribution in [3.63, 3.8) is 0 Å². The standard InChI is InChI=1S/C28H31N3O4S2/c1-4-6-9-18(5-2)16-31-27(34)25(37-28(31)36)24-21-10-7-8-11-22(21)30(26(24)33)17-23(32)29-19-12-14-20(35-3)15-13-19/h7-8,10-15,18H,4-6,9,16-17H2,1-3H3,(H,29,32). The maximum atomic E-state index is 13.6. The zero-order chi connectivity index (χ0) is 26.5. The molecule has 0 spiro atoms. The third-order valence-electron chi connectivity index (χ3n) is 6.66. The molecular formula is C28H31N3O4S2. The lowest BCUT2D eigenvalue weighted by Crippen LogP contribution is -2.36. The highest BCUT2D eigenvalue weighted by Crippen LogP contribution is 2.44. The van der Waals surface area contributed by atoms with Crippen molar-refractivity contribution in [2.75, 3.05) is 30.4 Å². The highest BCUT2D eigenvalue weighted by molar-refractivity contribution is 8.26. The molecule has 194 valence electrons. The molecule has 4 rings (SSSR count). The first-order chi connectivity index (χ1) is 17.9. The Hall–Kier alpha value is -3.17. The molecule has 0 bridgehead atoms. The fraction of sp³-hybridized carbons (Fsp3) is 0.357. The zero-order valence-corrected chi connectivity index (χ0v) is 22.9. The predicted molar refractivity (Wildman–Crippen MR) is 153 cm³/mol. The van der Waals surface area contributed by atoms with Crippen LogP contribution in [0.3, 0.4) is 0 Å². The lowest BCUT2D eigenvalue weighted by atomic mass is 9.98. The number of para-hydroxylation sites is 1. The summed E-state index contributed by atoms with van der Waals surface area (Å²) in [5.41, 5.74) is 2.16. The topological polar surface area (TPSA) is 79.0 Å². The van der Waals surface area contributed by atoms with Crippen LogP contribution in [0.4, 0.5) is 11.4 Å². The quantitative estimate of drug-likeness (QED) is 0.320. The molecule has 1 saturated heterocycles. The van der Waals surface area contributed by atoms with E-state index in [4.69, 9.17) is 17.0 Å². The molecule has 2 heterocycles. The maximum Gasteiger partial charge on any atom is 0.267 e. The fourth-order valence-corrected chi connectivity index (χ4v) is 5.90. The Morgan fingerprint density at radius 3 is 2.46 bits per heavy atom. The number of thioether (sulfide) groups is 1. The van der Waals surface area contributed by atoms with E-state index in [0.29, 0.717) is 49.9 Å². The number of nitrogens with one attached hydrogen (secondary N) is 1. The predicted octanol–water partition coefficient (Wildman–Crippen LogP) is 5.47. The molecule has 2 aromatic rings. The number of fused-ring (bicyclic) bond motifs is 1.